The van der Waals surface area contributed by atoms with Crippen LogP contribution in [0.15, 0.2) is 47.4 Å². The number of fused-ring (bicyclic) bond motifs is 1. The standard InChI is InChI=1S/C20H22N2O6S/c1-13(15-6-8-16-18(11-15)28-12-27-16)22-20(23)9-5-14-4-7-17(26-3)19(10-14)29(24,25)21-2/h4-11,13,21H,12H2,1-3H3,(H,22,23)/b9-5+. The Hall–Kier alpha value is -3.04. The molecule has 154 valence electrons. The minimum Gasteiger partial charge on any atom is -0.495 e. The van der Waals surface area contributed by atoms with E-state index in [1.54, 1.807) is 12.1 Å². The van der Waals surface area contributed by atoms with Crippen LogP contribution in [0.25, 0.3) is 6.08 Å². The van der Waals surface area contributed by atoms with Gasteiger partial charge in [0, 0.05) is 6.08 Å². The molecule has 1 heterocycles. The molecule has 0 fully saturated rings. The highest BCUT2D eigenvalue weighted by atomic mass is 32.2. The maximum atomic E-state index is 12.3. The van der Waals surface area contributed by atoms with Crippen LogP contribution < -0.4 is 24.2 Å². The lowest BCUT2D eigenvalue weighted by Gasteiger charge is -2.13. The van der Waals surface area contributed by atoms with Crippen LogP contribution in [0, 0.1) is 0 Å². The quantitative estimate of drug-likeness (QED) is 0.669. The van der Waals surface area contributed by atoms with Crippen LogP contribution >= 0.6 is 0 Å². The number of nitrogens with one attached hydrogen (secondary N) is 2. The van der Waals surface area contributed by atoms with E-state index in [0.717, 1.165) is 5.56 Å². The zero-order chi connectivity index (χ0) is 21.0. The Kier molecular flexibility index (Phi) is 6.09. The predicted molar refractivity (Wildman–Crippen MR) is 107 cm³/mol. The second-order valence-corrected chi connectivity index (χ2v) is 8.15. The first-order valence-corrected chi connectivity index (χ1v) is 10.3. The summed E-state index contributed by atoms with van der Waals surface area (Å²) in [5.74, 6) is 1.23. The summed E-state index contributed by atoms with van der Waals surface area (Å²) in [4.78, 5) is 12.3. The Balaban J connectivity index is 1.71. The van der Waals surface area contributed by atoms with E-state index in [0.29, 0.717) is 17.1 Å². The first-order chi connectivity index (χ1) is 13.8. The topological polar surface area (TPSA) is 103 Å². The molecule has 0 saturated carbocycles. The van der Waals surface area contributed by atoms with E-state index >= 15 is 0 Å². The fourth-order valence-corrected chi connectivity index (χ4v) is 3.74. The van der Waals surface area contributed by atoms with Gasteiger partial charge in [-0.05, 0) is 55.4 Å². The number of hydrogen-bond donors (Lipinski definition) is 2. The van der Waals surface area contributed by atoms with Gasteiger partial charge in [0.1, 0.15) is 10.6 Å². The van der Waals surface area contributed by atoms with Crippen molar-refractivity contribution < 1.29 is 27.4 Å². The van der Waals surface area contributed by atoms with Gasteiger partial charge in [-0.1, -0.05) is 12.1 Å². The van der Waals surface area contributed by atoms with Crippen LogP contribution in [-0.4, -0.2) is 35.3 Å². The Morgan fingerprint density at radius 3 is 2.66 bits per heavy atom. The van der Waals surface area contributed by atoms with Gasteiger partial charge in [0.05, 0.1) is 13.2 Å². The van der Waals surface area contributed by atoms with Gasteiger partial charge in [0.25, 0.3) is 0 Å². The maximum absolute atomic E-state index is 12.3. The minimum atomic E-state index is -3.69. The number of methoxy groups -OCH3 is 1. The van der Waals surface area contributed by atoms with Crippen LogP contribution in [0.1, 0.15) is 24.1 Å². The third-order valence-electron chi connectivity index (χ3n) is 4.43. The molecule has 29 heavy (non-hydrogen) atoms. The molecular weight excluding hydrogens is 396 g/mol. The largest absolute Gasteiger partial charge is 0.495 e. The zero-order valence-electron chi connectivity index (χ0n) is 16.3. The van der Waals surface area contributed by atoms with Gasteiger partial charge in [-0.25, -0.2) is 13.1 Å². The third kappa shape index (κ3) is 4.69. The number of sulfonamides is 1. The van der Waals surface area contributed by atoms with Gasteiger partial charge >= 0.3 is 0 Å². The monoisotopic (exact) mass is 418 g/mol. The van der Waals surface area contributed by atoms with E-state index < -0.39 is 10.0 Å². The molecule has 1 amide bonds. The average molecular weight is 418 g/mol. The van der Waals surface area contributed by atoms with Crippen molar-refractivity contribution in [2.45, 2.75) is 17.9 Å². The number of carbonyl (C=O) groups is 1. The third-order valence-corrected chi connectivity index (χ3v) is 5.86. The Bertz CT molecular complexity index is 1050. The Morgan fingerprint density at radius 2 is 1.93 bits per heavy atom. The van der Waals surface area contributed by atoms with E-state index in [1.165, 1.54) is 38.4 Å². The zero-order valence-corrected chi connectivity index (χ0v) is 17.1. The van der Waals surface area contributed by atoms with Gasteiger partial charge in [0.15, 0.2) is 11.5 Å². The molecule has 2 aromatic carbocycles. The molecule has 1 aliphatic rings. The fraction of sp³-hybridized carbons (Fsp3) is 0.250. The van der Waals surface area contributed by atoms with E-state index in [1.807, 2.05) is 19.1 Å². The molecule has 0 aromatic heterocycles. The summed E-state index contributed by atoms with van der Waals surface area (Å²) in [6.07, 6.45) is 2.89. The van der Waals surface area contributed by atoms with E-state index in [-0.39, 0.29) is 29.4 Å². The molecule has 0 bridgehead atoms. The van der Waals surface area contributed by atoms with Crippen molar-refractivity contribution >= 4 is 22.0 Å². The smallest absolute Gasteiger partial charge is 0.244 e. The highest BCUT2D eigenvalue weighted by Gasteiger charge is 2.18. The molecule has 0 saturated heterocycles. The molecule has 2 aromatic rings. The summed E-state index contributed by atoms with van der Waals surface area (Å²) in [5.41, 5.74) is 1.42. The van der Waals surface area contributed by atoms with Crippen LogP contribution in [0.2, 0.25) is 0 Å². The molecule has 1 aliphatic heterocycles. The molecule has 0 radical (unpaired) electrons. The molecule has 0 spiro atoms. The normalized spacial score (nSPS) is 14.0. The number of amides is 1. The van der Waals surface area contributed by atoms with Crippen molar-refractivity contribution in [2.24, 2.45) is 0 Å². The van der Waals surface area contributed by atoms with E-state index in [9.17, 15) is 13.2 Å². The van der Waals surface area contributed by atoms with Crippen molar-refractivity contribution in [3.63, 3.8) is 0 Å². The molecule has 2 N–H and O–H groups in total. The number of hydrogen-bond acceptors (Lipinski definition) is 6. The first-order valence-electron chi connectivity index (χ1n) is 8.84. The average Bonchev–Trinajstić information content (AvgIpc) is 3.19. The molecule has 8 nitrogen and oxygen atoms in total. The maximum Gasteiger partial charge on any atom is 0.244 e. The molecular formula is C20H22N2O6S. The van der Waals surface area contributed by atoms with Gasteiger partial charge in [-0.2, -0.15) is 0 Å². The van der Waals surface area contributed by atoms with Crippen molar-refractivity contribution in [1.82, 2.24) is 10.0 Å². The SMILES string of the molecule is CNS(=O)(=O)c1cc(/C=C/C(=O)NC(C)c2ccc3c(c2)OCO3)ccc1OC. The number of benzene rings is 2. The fourth-order valence-electron chi connectivity index (χ4n) is 2.82. The Morgan fingerprint density at radius 1 is 1.17 bits per heavy atom. The van der Waals surface area contributed by atoms with Gasteiger partial charge in [-0.15, -0.1) is 0 Å². The molecule has 3 rings (SSSR count). The summed E-state index contributed by atoms with van der Waals surface area (Å²) >= 11 is 0. The van der Waals surface area contributed by atoms with Crippen LogP contribution in [0.3, 0.4) is 0 Å². The predicted octanol–water partition coefficient (Wildman–Crippen LogP) is 2.22. The van der Waals surface area contributed by atoms with Gasteiger partial charge in [0.2, 0.25) is 22.7 Å². The van der Waals surface area contributed by atoms with Crippen molar-refractivity contribution in [3.8, 4) is 17.2 Å². The second kappa shape index (κ2) is 8.54. The minimum absolute atomic E-state index is 0.00112. The van der Waals surface area contributed by atoms with Crippen LogP contribution in [0.5, 0.6) is 17.2 Å². The summed E-state index contributed by atoms with van der Waals surface area (Å²) in [5, 5.41) is 2.86. The summed E-state index contributed by atoms with van der Waals surface area (Å²) in [7, 11) is -0.979. The number of rotatable bonds is 7. The second-order valence-electron chi connectivity index (χ2n) is 6.29. The lowest BCUT2D eigenvalue weighted by atomic mass is 10.1. The van der Waals surface area contributed by atoms with E-state index in [2.05, 4.69) is 10.0 Å². The van der Waals surface area contributed by atoms with Crippen LogP contribution in [-0.2, 0) is 14.8 Å². The molecule has 0 aliphatic carbocycles. The van der Waals surface area contributed by atoms with Crippen LogP contribution in [0.4, 0.5) is 0 Å². The number of ether oxygens (including phenoxy) is 3. The van der Waals surface area contributed by atoms with Gasteiger partial charge in [-0.3, -0.25) is 4.79 Å². The molecule has 1 unspecified atom stereocenters. The lowest BCUT2D eigenvalue weighted by molar-refractivity contribution is -0.117. The summed E-state index contributed by atoms with van der Waals surface area (Å²) < 4.78 is 42.3. The molecule has 1 atom stereocenters. The highest BCUT2D eigenvalue weighted by molar-refractivity contribution is 7.89. The summed E-state index contributed by atoms with van der Waals surface area (Å²) in [6.45, 7) is 2.05. The number of carbonyl (C=O) groups excluding carboxylic acids is 1. The van der Waals surface area contributed by atoms with Gasteiger partial charge < -0.3 is 19.5 Å². The summed E-state index contributed by atoms with van der Waals surface area (Å²) in [6, 6.07) is 9.89. The molecule has 9 heteroatoms. The van der Waals surface area contributed by atoms with Crippen molar-refractivity contribution in [3.05, 3.63) is 53.6 Å². The van der Waals surface area contributed by atoms with Crippen molar-refractivity contribution in [2.75, 3.05) is 21.0 Å². The van der Waals surface area contributed by atoms with Crippen molar-refractivity contribution in [1.29, 1.82) is 0 Å². The highest BCUT2D eigenvalue weighted by Crippen LogP contribution is 2.34. The Labute approximate surface area is 169 Å². The lowest BCUT2D eigenvalue weighted by Crippen LogP contribution is -2.24. The van der Waals surface area contributed by atoms with E-state index in [4.69, 9.17) is 14.2 Å². The first kappa shape index (κ1) is 20.7.